The molecule has 9 nitrogen and oxygen atoms in total. The summed E-state index contributed by atoms with van der Waals surface area (Å²) in [5.41, 5.74) is 0.387. The van der Waals surface area contributed by atoms with E-state index in [4.69, 9.17) is 9.47 Å². The number of hydrogen-bond acceptors (Lipinski definition) is 6. The first kappa shape index (κ1) is 19.4. The molecule has 0 aliphatic carbocycles. The number of carboxylic acids is 2. The molecule has 0 saturated heterocycles. The number of ether oxygens (including phenoxy) is 2. The molecule has 1 aromatic rings. The van der Waals surface area contributed by atoms with Gasteiger partial charge in [-0.3, -0.25) is 0 Å². The molecule has 0 bridgehead atoms. The van der Waals surface area contributed by atoms with Crippen molar-refractivity contribution < 1.29 is 34.0 Å². The summed E-state index contributed by atoms with van der Waals surface area (Å²) in [5, 5.41) is 34.2. The van der Waals surface area contributed by atoms with E-state index in [1.807, 2.05) is 0 Å². The Hall–Kier alpha value is -2.91. The third-order valence-electron chi connectivity index (χ3n) is 4.27. The number of pyridine rings is 1. The number of rotatable bonds is 6. The molecule has 0 saturated carbocycles. The van der Waals surface area contributed by atoms with Gasteiger partial charge < -0.3 is 30.2 Å². The van der Waals surface area contributed by atoms with Crippen molar-refractivity contribution in [3.05, 3.63) is 57.3 Å². The van der Waals surface area contributed by atoms with Crippen LogP contribution < -0.4 is 10.0 Å². The lowest BCUT2D eigenvalue weighted by Gasteiger charge is -2.32. The van der Waals surface area contributed by atoms with Gasteiger partial charge in [0.15, 0.2) is 18.2 Å². The standard InChI is InChI=1S/C17H20N2O7/c1-8-11(15(20)21)12(10-6-5-7-19(24)9(10)2)13(16(22)23)14(18-8)17(25-3)26-4/h5-7,12,17-18H,1-4H3,(H,20,21)(H,22,23). The molecule has 1 atom stereocenters. The van der Waals surface area contributed by atoms with Crippen LogP contribution in [-0.2, 0) is 19.1 Å². The summed E-state index contributed by atoms with van der Waals surface area (Å²) in [7, 11) is 2.67. The fraction of sp³-hybridized carbons (Fsp3) is 0.353. The highest BCUT2D eigenvalue weighted by molar-refractivity contribution is 5.98. The molecule has 0 spiro atoms. The molecule has 26 heavy (non-hydrogen) atoms. The van der Waals surface area contributed by atoms with Gasteiger partial charge in [-0.2, -0.15) is 4.73 Å². The fourth-order valence-corrected chi connectivity index (χ4v) is 3.09. The second-order valence-electron chi connectivity index (χ2n) is 5.71. The van der Waals surface area contributed by atoms with Crippen molar-refractivity contribution in [2.45, 2.75) is 26.1 Å². The van der Waals surface area contributed by atoms with Crippen LogP contribution in [0.25, 0.3) is 0 Å². The van der Waals surface area contributed by atoms with Crippen LogP contribution in [0, 0.1) is 12.1 Å². The monoisotopic (exact) mass is 364 g/mol. The van der Waals surface area contributed by atoms with E-state index in [1.165, 1.54) is 46.4 Å². The Morgan fingerprint density at radius 3 is 2.27 bits per heavy atom. The SMILES string of the molecule is COC(OC)C1=C(C(=O)O)C(c2ccc[n+]([O-])c2C)C(C(=O)O)=C(C)N1. The summed E-state index contributed by atoms with van der Waals surface area (Å²) >= 11 is 0. The molecular weight excluding hydrogens is 344 g/mol. The number of hydrogen-bond donors (Lipinski definition) is 3. The van der Waals surface area contributed by atoms with E-state index < -0.39 is 24.1 Å². The highest BCUT2D eigenvalue weighted by atomic mass is 16.7. The average molecular weight is 364 g/mol. The summed E-state index contributed by atoms with van der Waals surface area (Å²) in [6, 6.07) is 2.97. The summed E-state index contributed by atoms with van der Waals surface area (Å²) in [5.74, 6) is -3.80. The maximum absolute atomic E-state index is 12.0. The summed E-state index contributed by atoms with van der Waals surface area (Å²) in [6.07, 6.45) is 0.215. The zero-order valence-electron chi connectivity index (χ0n) is 14.8. The van der Waals surface area contributed by atoms with Crippen LogP contribution in [0.1, 0.15) is 24.1 Å². The lowest BCUT2D eigenvalue weighted by atomic mass is 9.79. The molecule has 2 rings (SSSR count). The molecule has 140 valence electrons. The Bertz CT molecular complexity index is 809. The van der Waals surface area contributed by atoms with Gasteiger partial charge in [-0.05, 0) is 13.0 Å². The van der Waals surface area contributed by atoms with Gasteiger partial charge in [0.2, 0.25) is 0 Å². The van der Waals surface area contributed by atoms with Gasteiger partial charge in [-0.1, -0.05) is 0 Å². The van der Waals surface area contributed by atoms with E-state index in [2.05, 4.69) is 5.32 Å². The van der Waals surface area contributed by atoms with Crippen LogP contribution >= 0.6 is 0 Å². The molecule has 0 aromatic carbocycles. The molecule has 1 aliphatic rings. The Labute approximate surface area is 149 Å². The Morgan fingerprint density at radius 1 is 1.19 bits per heavy atom. The Balaban J connectivity index is 2.85. The van der Waals surface area contributed by atoms with E-state index in [1.54, 1.807) is 0 Å². The number of methoxy groups -OCH3 is 2. The summed E-state index contributed by atoms with van der Waals surface area (Å²) in [4.78, 5) is 23.9. The molecule has 1 unspecified atom stereocenters. The van der Waals surface area contributed by atoms with E-state index in [9.17, 15) is 25.0 Å². The van der Waals surface area contributed by atoms with Crippen LogP contribution in [0.15, 0.2) is 40.9 Å². The predicted molar refractivity (Wildman–Crippen MR) is 88.8 cm³/mol. The van der Waals surface area contributed by atoms with Gasteiger partial charge in [0.05, 0.1) is 22.8 Å². The number of aromatic nitrogens is 1. The molecule has 1 aliphatic heterocycles. The van der Waals surface area contributed by atoms with E-state index in [0.717, 1.165) is 0 Å². The number of aliphatic carboxylic acids is 2. The minimum absolute atomic E-state index is 0.0794. The number of nitrogens with one attached hydrogen (secondary N) is 1. The lowest BCUT2D eigenvalue weighted by Crippen LogP contribution is -2.39. The Kier molecular flexibility index (Phi) is 5.63. The van der Waals surface area contributed by atoms with Crippen LogP contribution in [-0.4, -0.2) is 42.7 Å². The summed E-state index contributed by atoms with van der Waals surface area (Å²) < 4.78 is 10.9. The maximum atomic E-state index is 12.0. The van der Waals surface area contributed by atoms with Crippen LogP contribution in [0.3, 0.4) is 0 Å². The minimum Gasteiger partial charge on any atom is -0.619 e. The maximum Gasteiger partial charge on any atom is 0.334 e. The van der Waals surface area contributed by atoms with Gasteiger partial charge in [0.1, 0.15) is 0 Å². The van der Waals surface area contributed by atoms with Crippen molar-refractivity contribution >= 4 is 11.9 Å². The lowest BCUT2D eigenvalue weighted by molar-refractivity contribution is -0.612. The zero-order chi connectivity index (χ0) is 19.6. The van der Waals surface area contributed by atoms with E-state index >= 15 is 0 Å². The quantitative estimate of drug-likeness (QED) is 0.380. The molecule has 2 heterocycles. The van der Waals surface area contributed by atoms with Gasteiger partial charge in [-0.15, -0.1) is 0 Å². The molecule has 1 aromatic heterocycles. The largest absolute Gasteiger partial charge is 0.619 e. The third kappa shape index (κ3) is 3.26. The van der Waals surface area contributed by atoms with Crippen LogP contribution in [0.4, 0.5) is 0 Å². The predicted octanol–water partition coefficient (Wildman–Crippen LogP) is 0.631. The molecule has 0 fully saturated rings. The first-order valence-electron chi connectivity index (χ1n) is 7.67. The van der Waals surface area contributed by atoms with Crippen LogP contribution in [0.5, 0.6) is 0 Å². The number of allylic oxidation sites excluding steroid dienone is 1. The van der Waals surface area contributed by atoms with Gasteiger partial charge in [-0.25, -0.2) is 9.59 Å². The fourth-order valence-electron chi connectivity index (χ4n) is 3.09. The number of carbonyl (C=O) groups is 2. The van der Waals surface area contributed by atoms with E-state index in [-0.39, 0.29) is 33.8 Å². The normalized spacial score (nSPS) is 17.5. The van der Waals surface area contributed by atoms with Crippen molar-refractivity contribution in [1.29, 1.82) is 0 Å². The molecule has 0 amide bonds. The molecule has 0 radical (unpaired) electrons. The third-order valence-corrected chi connectivity index (χ3v) is 4.27. The number of dihydropyridines is 1. The molecule has 3 N–H and O–H groups in total. The highest BCUT2D eigenvalue weighted by Gasteiger charge is 2.41. The van der Waals surface area contributed by atoms with Crippen molar-refractivity contribution in [3.63, 3.8) is 0 Å². The molecular formula is C17H20N2O7. The second-order valence-corrected chi connectivity index (χ2v) is 5.71. The van der Waals surface area contributed by atoms with Gasteiger partial charge in [0.25, 0.3) is 0 Å². The van der Waals surface area contributed by atoms with Gasteiger partial charge >= 0.3 is 11.9 Å². The first-order chi connectivity index (χ1) is 12.2. The van der Waals surface area contributed by atoms with Crippen molar-refractivity contribution in [3.8, 4) is 0 Å². The average Bonchev–Trinajstić information content (AvgIpc) is 2.57. The smallest absolute Gasteiger partial charge is 0.334 e. The first-order valence-corrected chi connectivity index (χ1v) is 7.67. The topological polar surface area (TPSA) is 132 Å². The number of carboxylic acid groups (broad SMARTS) is 2. The van der Waals surface area contributed by atoms with Crippen molar-refractivity contribution in [1.82, 2.24) is 5.32 Å². The van der Waals surface area contributed by atoms with E-state index in [0.29, 0.717) is 4.73 Å². The molecule has 9 heteroatoms. The number of nitrogens with zero attached hydrogens (tertiary/aromatic N) is 1. The Morgan fingerprint density at radius 2 is 1.77 bits per heavy atom. The highest BCUT2D eigenvalue weighted by Crippen LogP contribution is 2.40. The van der Waals surface area contributed by atoms with Crippen LogP contribution in [0.2, 0.25) is 0 Å². The zero-order valence-corrected chi connectivity index (χ0v) is 14.8. The second kappa shape index (κ2) is 7.54. The van der Waals surface area contributed by atoms with Gasteiger partial charge in [0, 0.05) is 38.5 Å². The van der Waals surface area contributed by atoms with Crippen molar-refractivity contribution in [2.24, 2.45) is 0 Å². The summed E-state index contributed by atoms with van der Waals surface area (Å²) in [6.45, 7) is 3.02. The minimum atomic E-state index is -1.34. The van der Waals surface area contributed by atoms with Crippen molar-refractivity contribution in [2.75, 3.05) is 14.2 Å².